The Hall–Kier alpha value is -3.97. The topological polar surface area (TPSA) is 158 Å². The molecule has 0 unspecified atom stereocenters. The van der Waals surface area contributed by atoms with Gasteiger partial charge in [0, 0.05) is 23.9 Å². The zero-order valence-corrected chi connectivity index (χ0v) is 18.8. The van der Waals surface area contributed by atoms with E-state index in [1.54, 1.807) is 37.4 Å². The summed E-state index contributed by atoms with van der Waals surface area (Å²) in [5.74, 6) is 0. The number of fused-ring (bicyclic) bond motifs is 1. The van der Waals surface area contributed by atoms with E-state index in [9.17, 15) is 28.6 Å². The predicted octanol–water partition coefficient (Wildman–Crippen LogP) is 4.59. The maximum absolute atomic E-state index is 13.0. The van der Waals surface area contributed by atoms with Crippen molar-refractivity contribution in [3.05, 3.63) is 80.0 Å². The smallest absolute Gasteiger partial charge is 0.279 e. The molecular weight excluding hydrogens is 470 g/mol. The van der Waals surface area contributed by atoms with Crippen molar-refractivity contribution >= 4 is 48.8 Å². The van der Waals surface area contributed by atoms with Gasteiger partial charge in [0.1, 0.15) is 25.8 Å². The third-order valence-electron chi connectivity index (χ3n) is 4.93. The number of nitrogens with one attached hydrogen (secondary N) is 1. The number of benzene rings is 2. The van der Waals surface area contributed by atoms with Crippen LogP contribution in [0.3, 0.4) is 0 Å². The monoisotopic (exact) mass is 485 g/mol. The summed E-state index contributed by atoms with van der Waals surface area (Å²) in [5, 5.41) is 23.3. The van der Waals surface area contributed by atoms with Crippen molar-refractivity contribution in [1.82, 2.24) is 9.97 Å². The van der Waals surface area contributed by atoms with Crippen LogP contribution in [0.25, 0.3) is 20.9 Å². The molecule has 0 radical (unpaired) electrons. The molecule has 0 bridgehead atoms. The van der Waals surface area contributed by atoms with Gasteiger partial charge in [-0.15, -0.1) is 0 Å². The highest BCUT2D eigenvalue weighted by atomic mass is 32.2. The van der Waals surface area contributed by atoms with E-state index in [-0.39, 0.29) is 11.3 Å². The van der Waals surface area contributed by atoms with Crippen LogP contribution in [0.1, 0.15) is 11.1 Å². The molecule has 0 fully saturated rings. The van der Waals surface area contributed by atoms with Crippen LogP contribution in [0, 0.1) is 34.1 Å². The van der Waals surface area contributed by atoms with Gasteiger partial charge in [0.2, 0.25) is 0 Å². The summed E-state index contributed by atoms with van der Waals surface area (Å²) in [6.07, 6.45) is 1.65. The SMILES string of the molecule is Cc1ccc(-c2nc3cccnc3s2)cc1NS(=O)(=O)c1cc([N+](=O)[O-])c(C)c([N+](=O)[O-])c1. The highest BCUT2D eigenvalue weighted by Crippen LogP contribution is 2.34. The lowest BCUT2D eigenvalue weighted by Crippen LogP contribution is -2.15. The average Bonchev–Trinajstić information content (AvgIpc) is 3.19. The maximum Gasteiger partial charge on any atom is 0.280 e. The Balaban J connectivity index is 1.76. The minimum atomic E-state index is -4.38. The fourth-order valence-electron chi connectivity index (χ4n) is 3.16. The molecule has 33 heavy (non-hydrogen) atoms. The minimum Gasteiger partial charge on any atom is -0.279 e. The molecule has 4 rings (SSSR count). The molecule has 0 amide bonds. The zero-order valence-electron chi connectivity index (χ0n) is 17.2. The number of nitro benzene ring substituents is 2. The van der Waals surface area contributed by atoms with Crippen molar-refractivity contribution < 1.29 is 18.3 Å². The maximum atomic E-state index is 13.0. The molecule has 1 N–H and O–H groups in total. The largest absolute Gasteiger partial charge is 0.280 e. The first kappa shape index (κ1) is 22.2. The summed E-state index contributed by atoms with van der Waals surface area (Å²) < 4.78 is 28.4. The van der Waals surface area contributed by atoms with Gasteiger partial charge in [-0.05, 0) is 37.6 Å². The third kappa shape index (κ3) is 4.23. The zero-order chi connectivity index (χ0) is 23.9. The summed E-state index contributed by atoms with van der Waals surface area (Å²) in [6.45, 7) is 2.88. The van der Waals surface area contributed by atoms with E-state index in [2.05, 4.69) is 14.7 Å². The van der Waals surface area contributed by atoms with Crippen molar-refractivity contribution in [1.29, 1.82) is 0 Å². The molecule has 2 aromatic carbocycles. The second-order valence-corrected chi connectivity index (χ2v) is 9.74. The Labute approximate surface area is 191 Å². The molecule has 168 valence electrons. The van der Waals surface area contributed by atoms with Crippen LogP contribution in [-0.2, 0) is 10.0 Å². The molecular formula is C20H15N5O6S2. The Morgan fingerprint density at radius 3 is 2.27 bits per heavy atom. The van der Waals surface area contributed by atoms with Crippen molar-refractivity contribution in [2.24, 2.45) is 0 Å². The average molecular weight is 486 g/mol. The van der Waals surface area contributed by atoms with Gasteiger partial charge in [-0.2, -0.15) is 0 Å². The van der Waals surface area contributed by atoms with Gasteiger partial charge >= 0.3 is 0 Å². The number of hydrogen-bond acceptors (Lipinski definition) is 9. The Kier molecular flexibility index (Phi) is 5.51. The second kappa shape index (κ2) is 8.18. The molecule has 0 spiro atoms. The number of nitro groups is 2. The first-order valence-electron chi connectivity index (χ1n) is 9.35. The molecule has 11 nitrogen and oxygen atoms in total. The highest BCUT2D eigenvalue weighted by molar-refractivity contribution is 7.92. The number of aryl methyl sites for hydroxylation is 1. The van der Waals surface area contributed by atoms with Crippen molar-refractivity contribution in [2.75, 3.05) is 4.72 Å². The van der Waals surface area contributed by atoms with E-state index < -0.39 is 36.1 Å². The fraction of sp³-hybridized carbons (Fsp3) is 0.100. The fourth-order valence-corrected chi connectivity index (χ4v) is 5.22. The quantitative estimate of drug-likeness (QED) is 0.307. The van der Waals surface area contributed by atoms with E-state index >= 15 is 0 Å². The third-order valence-corrected chi connectivity index (χ3v) is 7.30. The number of anilines is 1. The normalized spacial score (nSPS) is 11.5. The van der Waals surface area contributed by atoms with Gasteiger partial charge in [0.25, 0.3) is 21.4 Å². The number of hydrogen-bond donors (Lipinski definition) is 1. The standard InChI is InChI=1S/C20H15N5O6S2/c1-11-5-6-13(19-22-15-4-3-7-21-20(15)32-19)8-16(11)23-33(30,31)14-9-17(24(26)27)12(2)18(10-14)25(28)29/h3-10,23H,1-2H3. The molecule has 0 aliphatic carbocycles. The lowest BCUT2D eigenvalue weighted by atomic mass is 10.1. The summed E-state index contributed by atoms with van der Waals surface area (Å²) in [7, 11) is -4.38. The first-order valence-corrected chi connectivity index (χ1v) is 11.7. The van der Waals surface area contributed by atoms with Gasteiger partial charge in [-0.1, -0.05) is 23.5 Å². The summed E-state index contributed by atoms with van der Waals surface area (Å²) in [6, 6.07) is 10.3. The number of aromatic nitrogens is 2. The van der Waals surface area contributed by atoms with Crippen molar-refractivity contribution in [3.8, 4) is 10.6 Å². The number of nitrogens with zero attached hydrogens (tertiary/aromatic N) is 4. The molecule has 0 saturated carbocycles. The first-order chi connectivity index (χ1) is 15.6. The lowest BCUT2D eigenvalue weighted by Gasteiger charge is -2.12. The van der Waals surface area contributed by atoms with Gasteiger partial charge in [-0.25, -0.2) is 18.4 Å². The second-order valence-electron chi connectivity index (χ2n) is 7.08. The Morgan fingerprint density at radius 1 is 1.00 bits per heavy atom. The Morgan fingerprint density at radius 2 is 1.67 bits per heavy atom. The number of thiazole rings is 1. The van der Waals surface area contributed by atoms with Crippen LogP contribution in [0.5, 0.6) is 0 Å². The lowest BCUT2D eigenvalue weighted by molar-refractivity contribution is -0.395. The number of rotatable bonds is 6. The summed E-state index contributed by atoms with van der Waals surface area (Å²) >= 11 is 1.34. The number of pyridine rings is 1. The Bertz CT molecular complexity index is 1480. The van der Waals surface area contributed by atoms with Gasteiger partial charge < -0.3 is 0 Å². The number of sulfonamides is 1. The van der Waals surface area contributed by atoms with Crippen molar-refractivity contribution in [2.45, 2.75) is 18.7 Å². The van der Waals surface area contributed by atoms with E-state index in [1.165, 1.54) is 18.3 Å². The van der Waals surface area contributed by atoms with E-state index in [0.29, 0.717) is 21.7 Å². The molecule has 0 saturated heterocycles. The predicted molar refractivity (Wildman–Crippen MR) is 123 cm³/mol. The molecule has 2 aromatic heterocycles. The van der Waals surface area contributed by atoms with Crippen molar-refractivity contribution in [3.63, 3.8) is 0 Å². The van der Waals surface area contributed by atoms with E-state index in [4.69, 9.17) is 0 Å². The highest BCUT2D eigenvalue weighted by Gasteiger charge is 2.28. The van der Waals surface area contributed by atoms with Crippen LogP contribution in [0.15, 0.2) is 53.6 Å². The summed E-state index contributed by atoms with van der Waals surface area (Å²) in [5.41, 5.74) is 0.602. The minimum absolute atomic E-state index is 0.214. The molecule has 13 heteroatoms. The van der Waals surface area contributed by atoms with E-state index in [1.807, 2.05) is 6.07 Å². The summed E-state index contributed by atoms with van der Waals surface area (Å²) in [4.78, 5) is 29.8. The van der Waals surface area contributed by atoms with E-state index in [0.717, 1.165) is 17.0 Å². The molecule has 2 heterocycles. The van der Waals surface area contributed by atoms with Crippen LogP contribution >= 0.6 is 11.3 Å². The van der Waals surface area contributed by atoms with Crippen LogP contribution < -0.4 is 4.72 Å². The van der Waals surface area contributed by atoms with Gasteiger partial charge in [0.15, 0.2) is 0 Å². The van der Waals surface area contributed by atoms with Crippen LogP contribution in [0.4, 0.5) is 17.1 Å². The molecule has 0 aliphatic rings. The van der Waals surface area contributed by atoms with Gasteiger partial charge in [-0.3, -0.25) is 25.0 Å². The van der Waals surface area contributed by atoms with Crippen LogP contribution in [-0.4, -0.2) is 28.2 Å². The van der Waals surface area contributed by atoms with Crippen LogP contribution in [0.2, 0.25) is 0 Å². The van der Waals surface area contributed by atoms with Gasteiger partial charge in [0.05, 0.1) is 15.5 Å². The molecule has 0 atom stereocenters. The molecule has 0 aliphatic heterocycles. The molecule has 4 aromatic rings.